The van der Waals surface area contributed by atoms with Crippen molar-refractivity contribution in [3.05, 3.63) is 107 Å². The topological polar surface area (TPSA) is 128 Å². The minimum atomic E-state index is -0.981. The molecule has 4 N–H and O–H groups in total. The van der Waals surface area contributed by atoms with Crippen LogP contribution in [0.4, 0.5) is 4.79 Å². The summed E-state index contributed by atoms with van der Waals surface area (Å²) in [6.07, 6.45) is -0.618. The molecule has 0 saturated heterocycles. The quantitative estimate of drug-likeness (QED) is 0.401. The van der Waals surface area contributed by atoms with Crippen molar-refractivity contribution in [3.8, 4) is 0 Å². The number of hydrogen-bond donors (Lipinski definition) is 3. The Morgan fingerprint density at radius 1 is 0.765 bits per heavy atom. The molecule has 0 aliphatic heterocycles. The largest absolute Gasteiger partial charge is 0.445 e. The van der Waals surface area contributed by atoms with Gasteiger partial charge in [0.1, 0.15) is 19.2 Å². The molecular weight excluding hydrogens is 434 g/mol. The molecule has 3 amide bonds. The number of nitrogens with one attached hydrogen (secondary N) is 2. The zero-order chi connectivity index (χ0) is 24.3. The van der Waals surface area contributed by atoms with Crippen LogP contribution < -0.4 is 16.4 Å². The number of hydrogen-bond acceptors (Lipinski definition) is 5. The highest BCUT2D eigenvalue weighted by Crippen LogP contribution is 2.12. The molecule has 8 nitrogen and oxygen atoms in total. The van der Waals surface area contributed by atoms with Crippen LogP contribution in [0.2, 0.25) is 0 Å². The molecule has 0 radical (unpaired) electrons. The minimum absolute atomic E-state index is 0.0704. The molecule has 34 heavy (non-hydrogen) atoms. The summed E-state index contributed by atoms with van der Waals surface area (Å²) in [5.41, 5.74) is 8.04. The van der Waals surface area contributed by atoms with Crippen LogP contribution in [-0.4, -0.2) is 36.3 Å². The van der Waals surface area contributed by atoms with Gasteiger partial charge in [0.05, 0.1) is 0 Å². The lowest BCUT2D eigenvalue weighted by Gasteiger charge is -2.16. The first-order chi connectivity index (χ1) is 16.4. The van der Waals surface area contributed by atoms with Gasteiger partial charge in [-0.15, -0.1) is 0 Å². The minimum Gasteiger partial charge on any atom is -0.445 e. The molecule has 174 valence electrons. The van der Waals surface area contributed by atoms with Crippen molar-refractivity contribution in [2.75, 3.05) is 6.54 Å². The third-order valence-corrected chi connectivity index (χ3v) is 4.98. The number of primary amides is 1. The molecule has 0 fully saturated rings. The molecule has 0 unspecified atom stereocenters. The number of ketones is 1. The van der Waals surface area contributed by atoms with E-state index < -0.39 is 23.9 Å². The number of carbonyl (C=O) groups excluding carboxylic acids is 4. The van der Waals surface area contributed by atoms with Crippen molar-refractivity contribution in [2.24, 2.45) is 5.73 Å². The predicted molar refractivity (Wildman–Crippen MR) is 126 cm³/mol. The number of alkyl carbamates (subject to hydrolysis) is 1. The number of carbonyl (C=O) groups is 4. The van der Waals surface area contributed by atoms with Gasteiger partial charge in [0.15, 0.2) is 5.78 Å². The van der Waals surface area contributed by atoms with Crippen LogP contribution in [0.5, 0.6) is 0 Å². The molecule has 0 aliphatic carbocycles. The van der Waals surface area contributed by atoms with Gasteiger partial charge in [-0.1, -0.05) is 84.9 Å². The number of ether oxygens (including phenoxy) is 1. The maximum atomic E-state index is 12.5. The third-order valence-electron chi connectivity index (χ3n) is 4.98. The fourth-order valence-electron chi connectivity index (χ4n) is 3.18. The summed E-state index contributed by atoms with van der Waals surface area (Å²) in [5.74, 6) is -1.42. The molecule has 3 rings (SSSR count). The second-order valence-electron chi connectivity index (χ2n) is 7.53. The SMILES string of the molecule is NC(=O)[C@H](Cc1ccc(C(=O)c2ccccc2)cc1)NC(=O)CNC(=O)OCc1ccccc1. The Morgan fingerprint density at radius 3 is 1.97 bits per heavy atom. The van der Waals surface area contributed by atoms with Gasteiger partial charge < -0.3 is 21.1 Å². The summed E-state index contributed by atoms with van der Waals surface area (Å²) >= 11 is 0. The summed E-state index contributed by atoms with van der Waals surface area (Å²) in [6.45, 7) is -0.303. The van der Waals surface area contributed by atoms with Gasteiger partial charge in [-0.2, -0.15) is 0 Å². The smallest absolute Gasteiger partial charge is 0.407 e. The zero-order valence-electron chi connectivity index (χ0n) is 18.4. The number of nitrogens with two attached hydrogens (primary N) is 1. The zero-order valence-corrected chi connectivity index (χ0v) is 18.4. The molecule has 3 aromatic rings. The molecule has 1 atom stereocenters. The van der Waals surface area contributed by atoms with Crippen molar-refractivity contribution in [2.45, 2.75) is 19.1 Å². The molecule has 3 aromatic carbocycles. The molecule has 0 aliphatic rings. The molecule has 0 spiro atoms. The molecule has 0 bridgehead atoms. The Morgan fingerprint density at radius 2 is 1.35 bits per heavy atom. The Hall–Kier alpha value is -4.46. The third kappa shape index (κ3) is 7.30. The van der Waals surface area contributed by atoms with Crippen LogP contribution in [0.3, 0.4) is 0 Å². The van der Waals surface area contributed by atoms with E-state index in [2.05, 4.69) is 10.6 Å². The van der Waals surface area contributed by atoms with E-state index in [4.69, 9.17) is 10.5 Å². The first-order valence-corrected chi connectivity index (χ1v) is 10.6. The highest BCUT2D eigenvalue weighted by molar-refractivity contribution is 6.08. The van der Waals surface area contributed by atoms with Crippen molar-refractivity contribution in [1.29, 1.82) is 0 Å². The maximum absolute atomic E-state index is 12.5. The van der Waals surface area contributed by atoms with Crippen LogP contribution in [-0.2, 0) is 27.4 Å². The van der Waals surface area contributed by atoms with E-state index in [-0.39, 0.29) is 25.4 Å². The van der Waals surface area contributed by atoms with Crippen molar-refractivity contribution in [3.63, 3.8) is 0 Å². The van der Waals surface area contributed by atoms with E-state index >= 15 is 0 Å². The molecule has 0 saturated carbocycles. The second-order valence-corrected chi connectivity index (χ2v) is 7.53. The van der Waals surface area contributed by atoms with Crippen LogP contribution in [0, 0.1) is 0 Å². The summed E-state index contributed by atoms with van der Waals surface area (Å²) < 4.78 is 5.04. The second kappa shape index (κ2) is 12.0. The van der Waals surface area contributed by atoms with E-state index in [0.717, 1.165) is 5.56 Å². The first kappa shape index (κ1) is 24.2. The summed E-state index contributed by atoms with van der Waals surface area (Å²) in [4.78, 5) is 48.3. The summed E-state index contributed by atoms with van der Waals surface area (Å²) in [7, 11) is 0. The Labute approximate surface area is 197 Å². The van der Waals surface area contributed by atoms with Crippen LogP contribution in [0.25, 0.3) is 0 Å². The molecule has 0 heterocycles. The Kier molecular flexibility index (Phi) is 8.51. The van der Waals surface area contributed by atoms with E-state index in [1.165, 1.54) is 0 Å². The van der Waals surface area contributed by atoms with E-state index in [0.29, 0.717) is 16.7 Å². The lowest BCUT2D eigenvalue weighted by atomic mass is 9.99. The van der Waals surface area contributed by atoms with Crippen molar-refractivity contribution < 1.29 is 23.9 Å². The van der Waals surface area contributed by atoms with Crippen molar-refractivity contribution >= 4 is 23.7 Å². The van der Waals surface area contributed by atoms with Crippen LogP contribution in [0.15, 0.2) is 84.9 Å². The average molecular weight is 460 g/mol. The Bertz CT molecular complexity index is 1130. The lowest BCUT2D eigenvalue weighted by Crippen LogP contribution is -2.49. The van der Waals surface area contributed by atoms with Gasteiger partial charge in [0, 0.05) is 17.5 Å². The van der Waals surface area contributed by atoms with Crippen LogP contribution >= 0.6 is 0 Å². The summed E-state index contributed by atoms with van der Waals surface area (Å²) in [6, 6.07) is 23.8. The standard InChI is InChI=1S/C26H25N3O5/c27-25(32)22(29-23(30)16-28-26(33)34-17-19-7-3-1-4-8-19)15-18-11-13-21(14-12-18)24(31)20-9-5-2-6-10-20/h1-14,22H,15-17H2,(H2,27,32)(H,28,33)(H,29,30)/t22-/m0/s1. The maximum Gasteiger partial charge on any atom is 0.407 e. The van der Waals surface area contributed by atoms with Gasteiger partial charge in [-0.05, 0) is 11.1 Å². The lowest BCUT2D eigenvalue weighted by molar-refractivity contribution is -0.126. The van der Waals surface area contributed by atoms with Gasteiger partial charge in [-0.3, -0.25) is 14.4 Å². The van der Waals surface area contributed by atoms with E-state index in [1.54, 1.807) is 48.5 Å². The fraction of sp³-hybridized carbons (Fsp3) is 0.154. The molecule has 8 heteroatoms. The van der Waals surface area contributed by atoms with Gasteiger partial charge >= 0.3 is 6.09 Å². The number of amides is 3. The van der Waals surface area contributed by atoms with E-state index in [1.807, 2.05) is 36.4 Å². The summed E-state index contributed by atoms with van der Waals surface area (Å²) in [5, 5.41) is 4.84. The Balaban J connectivity index is 1.48. The highest BCUT2D eigenvalue weighted by Gasteiger charge is 2.19. The average Bonchev–Trinajstić information content (AvgIpc) is 2.87. The van der Waals surface area contributed by atoms with Crippen LogP contribution in [0.1, 0.15) is 27.0 Å². The number of benzene rings is 3. The monoisotopic (exact) mass is 459 g/mol. The fourth-order valence-corrected chi connectivity index (χ4v) is 3.18. The predicted octanol–water partition coefficient (Wildman–Crippen LogP) is 2.36. The van der Waals surface area contributed by atoms with Crippen molar-refractivity contribution in [1.82, 2.24) is 10.6 Å². The highest BCUT2D eigenvalue weighted by atomic mass is 16.5. The molecule has 0 aromatic heterocycles. The van der Waals surface area contributed by atoms with Gasteiger partial charge in [0.2, 0.25) is 11.8 Å². The molecular formula is C26H25N3O5. The normalized spacial score (nSPS) is 11.2. The number of rotatable bonds is 10. The van der Waals surface area contributed by atoms with E-state index in [9.17, 15) is 19.2 Å². The van der Waals surface area contributed by atoms with Gasteiger partial charge in [0.25, 0.3) is 0 Å². The van der Waals surface area contributed by atoms with Gasteiger partial charge in [-0.25, -0.2) is 4.79 Å². The first-order valence-electron chi connectivity index (χ1n) is 10.6.